The molecule has 0 radical (unpaired) electrons. The molecule has 4 rings (SSSR count). The number of ether oxygens (including phenoxy) is 1. The van der Waals surface area contributed by atoms with Crippen molar-refractivity contribution >= 4 is 27.3 Å². The molecule has 2 saturated heterocycles. The van der Waals surface area contributed by atoms with Gasteiger partial charge in [-0.05, 0) is 31.2 Å². The number of hydrogen-bond donors (Lipinski definition) is 0. The first-order chi connectivity index (χ1) is 15.8. The molecule has 2 aliphatic rings. The quantitative estimate of drug-likeness (QED) is 0.480. The summed E-state index contributed by atoms with van der Waals surface area (Å²) in [6.07, 6.45) is 0. The Morgan fingerprint density at radius 1 is 0.970 bits per heavy atom. The Morgan fingerprint density at radius 3 is 2.21 bits per heavy atom. The molecule has 2 heterocycles. The number of aryl methyl sites for hydroxylation is 1. The first-order valence-electron chi connectivity index (χ1n) is 10.7. The van der Waals surface area contributed by atoms with Crippen LogP contribution in [0.3, 0.4) is 0 Å². The highest BCUT2D eigenvalue weighted by Crippen LogP contribution is 2.31. The lowest BCUT2D eigenvalue weighted by Gasteiger charge is -2.35. The zero-order chi connectivity index (χ0) is 23.6. The van der Waals surface area contributed by atoms with E-state index in [-0.39, 0.29) is 35.1 Å². The number of carbonyl (C=O) groups is 1. The summed E-state index contributed by atoms with van der Waals surface area (Å²) in [5, 5.41) is 11.8. The van der Waals surface area contributed by atoms with Crippen LogP contribution in [-0.2, 0) is 14.8 Å². The summed E-state index contributed by atoms with van der Waals surface area (Å²) in [7, 11) is -3.63. The Labute approximate surface area is 192 Å². The molecule has 33 heavy (non-hydrogen) atoms. The highest BCUT2D eigenvalue weighted by Gasteiger charge is 2.31. The molecule has 1 amide bonds. The number of morpholine rings is 1. The Kier molecular flexibility index (Phi) is 6.63. The predicted octanol–water partition coefficient (Wildman–Crippen LogP) is 1.89. The molecular weight excluding hydrogens is 448 g/mol. The van der Waals surface area contributed by atoms with Gasteiger partial charge in [-0.2, -0.15) is 4.31 Å². The van der Waals surface area contributed by atoms with Crippen molar-refractivity contribution < 1.29 is 22.9 Å². The second-order valence-corrected chi connectivity index (χ2v) is 10.0. The number of sulfonamides is 1. The van der Waals surface area contributed by atoms with Crippen LogP contribution < -0.4 is 4.90 Å². The molecule has 2 aliphatic heterocycles. The summed E-state index contributed by atoms with van der Waals surface area (Å²) in [5.41, 5.74) is 1.45. The van der Waals surface area contributed by atoms with Crippen molar-refractivity contribution in [2.75, 3.05) is 57.4 Å². The average molecular weight is 475 g/mol. The molecule has 0 unspecified atom stereocenters. The second kappa shape index (κ2) is 9.46. The molecule has 0 aromatic heterocycles. The van der Waals surface area contributed by atoms with Crippen LogP contribution in [0.4, 0.5) is 11.4 Å². The SMILES string of the molecule is Cc1ccc(S(=O)(=O)N2CCN(c3ccc(C(=O)N4CCOCC4)cc3[N+](=O)[O-])CC2)cc1. The van der Waals surface area contributed by atoms with E-state index in [0.717, 1.165) is 5.56 Å². The van der Waals surface area contributed by atoms with Crippen LogP contribution in [0.2, 0.25) is 0 Å². The average Bonchev–Trinajstić information content (AvgIpc) is 2.84. The van der Waals surface area contributed by atoms with Crippen LogP contribution >= 0.6 is 0 Å². The van der Waals surface area contributed by atoms with E-state index in [1.54, 1.807) is 46.2 Å². The third kappa shape index (κ3) is 4.85. The van der Waals surface area contributed by atoms with Gasteiger partial charge in [0.05, 0.1) is 23.0 Å². The van der Waals surface area contributed by atoms with E-state index in [1.165, 1.54) is 10.4 Å². The van der Waals surface area contributed by atoms with Gasteiger partial charge in [0, 0.05) is 50.9 Å². The number of piperazine rings is 1. The molecule has 0 atom stereocenters. The fraction of sp³-hybridized carbons (Fsp3) is 0.409. The highest BCUT2D eigenvalue weighted by molar-refractivity contribution is 7.89. The maximum atomic E-state index is 12.9. The summed E-state index contributed by atoms with van der Waals surface area (Å²) in [6, 6.07) is 11.2. The number of amides is 1. The first-order valence-corrected chi connectivity index (χ1v) is 12.2. The van der Waals surface area contributed by atoms with Gasteiger partial charge < -0.3 is 14.5 Å². The predicted molar refractivity (Wildman–Crippen MR) is 122 cm³/mol. The fourth-order valence-electron chi connectivity index (χ4n) is 4.05. The van der Waals surface area contributed by atoms with E-state index in [0.29, 0.717) is 45.1 Å². The highest BCUT2D eigenvalue weighted by atomic mass is 32.2. The van der Waals surface area contributed by atoms with Gasteiger partial charge in [0.15, 0.2) is 0 Å². The Balaban J connectivity index is 1.50. The number of nitrogens with zero attached hydrogens (tertiary/aromatic N) is 4. The summed E-state index contributed by atoms with van der Waals surface area (Å²) >= 11 is 0. The zero-order valence-electron chi connectivity index (χ0n) is 18.3. The lowest BCUT2D eigenvalue weighted by molar-refractivity contribution is -0.384. The molecule has 2 fully saturated rings. The molecule has 2 aromatic carbocycles. The standard InChI is InChI=1S/C22H26N4O6S/c1-17-2-5-19(6-3-17)33(30,31)25-10-8-23(9-11-25)20-7-4-18(16-21(20)26(28)29)22(27)24-12-14-32-15-13-24/h2-7,16H,8-15H2,1H3. The third-order valence-electron chi connectivity index (χ3n) is 5.96. The van der Waals surface area contributed by atoms with E-state index in [4.69, 9.17) is 4.74 Å². The van der Waals surface area contributed by atoms with Gasteiger partial charge in [0.25, 0.3) is 11.6 Å². The number of nitro groups is 1. The van der Waals surface area contributed by atoms with Crippen LogP contribution in [0.5, 0.6) is 0 Å². The fourth-order valence-corrected chi connectivity index (χ4v) is 5.47. The van der Waals surface area contributed by atoms with Crippen molar-refractivity contribution in [2.24, 2.45) is 0 Å². The number of rotatable bonds is 5. The molecule has 11 heteroatoms. The number of carbonyl (C=O) groups excluding carboxylic acids is 1. The Morgan fingerprint density at radius 2 is 1.61 bits per heavy atom. The van der Waals surface area contributed by atoms with Crippen molar-refractivity contribution in [3.8, 4) is 0 Å². The van der Waals surface area contributed by atoms with E-state index >= 15 is 0 Å². The van der Waals surface area contributed by atoms with Gasteiger partial charge in [0.1, 0.15) is 5.69 Å². The molecule has 0 aliphatic carbocycles. The van der Waals surface area contributed by atoms with Crippen LogP contribution in [0, 0.1) is 17.0 Å². The van der Waals surface area contributed by atoms with Crippen LogP contribution in [-0.4, -0.2) is 80.9 Å². The maximum absolute atomic E-state index is 12.9. The van der Waals surface area contributed by atoms with Crippen molar-refractivity contribution in [3.05, 3.63) is 63.7 Å². The minimum atomic E-state index is -3.63. The Bertz CT molecular complexity index is 1140. The van der Waals surface area contributed by atoms with E-state index in [9.17, 15) is 23.3 Å². The molecule has 10 nitrogen and oxygen atoms in total. The van der Waals surface area contributed by atoms with Gasteiger partial charge in [-0.15, -0.1) is 0 Å². The molecule has 0 bridgehead atoms. The van der Waals surface area contributed by atoms with E-state index in [2.05, 4.69) is 0 Å². The van der Waals surface area contributed by atoms with Crippen molar-refractivity contribution in [1.82, 2.24) is 9.21 Å². The van der Waals surface area contributed by atoms with Crippen molar-refractivity contribution in [3.63, 3.8) is 0 Å². The van der Waals surface area contributed by atoms with Gasteiger partial charge in [-0.3, -0.25) is 14.9 Å². The number of hydrogen-bond acceptors (Lipinski definition) is 7. The summed E-state index contributed by atoms with van der Waals surface area (Å²) in [5.74, 6) is -0.262. The number of benzene rings is 2. The third-order valence-corrected chi connectivity index (χ3v) is 7.87. The normalized spacial score (nSPS) is 17.7. The minimum Gasteiger partial charge on any atom is -0.378 e. The van der Waals surface area contributed by atoms with Gasteiger partial charge in [0.2, 0.25) is 10.0 Å². The molecule has 0 N–H and O–H groups in total. The number of anilines is 1. The monoisotopic (exact) mass is 474 g/mol. The molecule has 2 aromatic rings. The van der Waals surface area contributed by atoms with Crippen LogP contribution in [0.15, 0.2) is 47.4 Å². The maximum Gasteiger partial charge on any atom is 0.293 e. The summed E-state index contributed by atoms with van der Waals surface area (Å²) in [6.45, 7) is 4.72. The lowest BCUT2D eigenvalue weighted by Crippen LogP contribution is -2.48. The van der Waals surface area contributed by atoms with Crippen LogP contribution in [0.1, 0.15) is 15.9 Å². The van der Waals surface area contributed by atoms with E-state index < -0.39 is 14.9 Å². The molecular formula is C22H26N4O6S. The number of nitro benzene ring substituents is 1. The van der Waals surface area contributed by atoms with Gasteiger partial charge in [-0.1, -0.05) is 17.7 Å². The largest absolute Gasteiger partial charge is 0.378 e. The summed E-state index contributed by atoms with van der Waals surface area (Å²) < 4.78 is 32.5. The van der Waals surface area contributed by atoms with Gasteiger partial charge in [-0.25, -0.2) is 8.42 Å². The smallest absolute Gasteiger partial charge is 0.293 e. The Hall–Kier alpha value is -3.02. The topological polar surface area (TPSA) is 113 Å². The van der Waals surface area contributed by atoms with Crippen molar-refractivity contribution in [1.29, 1.82) is 0 Å². The minimum absolute atomic E-state index is 0.163. The lowest BCUT2D eigenvalue weighted by atomic mass is 10.1. The first kappa shape index (κ1) is 23.1. The molecule has 0 spiro atoms. The van der Waals surface area contributed by atoms with Crippen molar-refractivity contribution in [2.45, 2.75) is 11.8 Å². The van der Waals surface area contributed by atoms with Crippen LogP contribution in [0.25, 0.3) is 0 Å². The second-order valence-electron chi connectivity index (χ2n) is 8.07. The molecule has 176 valence electrons. The van der Waals surface area contributed by atoms with E-state index in [1.807, 2.05) is 6.92 Å². The van der Waals surface area contributed by atoms with Gasteiger partial charge >= 0.3 is 0 Å². The summed E-state index contributed by atoms with van der Waals surface area (Å²) in [4.78, 5) is 27.7. The molecule has 0 saturated carbocycles. The zero-order valence-corrected chi connectivity index (χ0v) is 19.2.